The molecule has 1 amide bonds. The van der Waals surface area contributed by atoms with Crippen LogP contribution in [0.4, 0.5) is 0 Å². The Morgan fingerprint density at radius 3 is 2.34 bits per heavy atom. The Bertz CT molecular complexity index is 1100. The summed E-state index contributed by atoms with van der Waals surface area (Å²) in [6.45, 7) is 2.03. The van der Waals surface area contributed by atoms with Gasteiger partial charge in [-0.3, -0.25) is 19.0 Å². The highest BCUT2D eigenvalue weighted by Crippen LogP contribution is 2.09. The molecule has 0 aliphatic rings. The molecule has 152 valence electrons. The van der Waals surface area contributed by atoms with E-state index in [4.69, 9.17) is 0 Å². The molecule has 7 nitrogen and oxygen atoms in total. The van der Waals surface area contributed by atoms with Gasteiger partial charge in [-0.05, 0) is 37.7 Å². The van der Waals surface area contributed by atoms with Gasteiger partial charge in [0, 0.05) is 20.1 Å². The Hall–Kier alpha value is -3.19. The molecule has 1 aromatic heterocycles. The molecule has 0 aliphatic carbocycles. The molecule has 0 radical (unpaired) electrons. The summed E-state index contributed by atoms with van der Waals surface area (Å²) in [6, 6.07) is 17.3. The molecule has 0 fully saturated rings. The summed E-state index contributed by atoms with van der Waals surface area (Å²) in [5, 5.41) is 2.84. The zero-order chi connectivity index (χ0) is 20.8. The largest absolute Gasteiger partial charge is 0.355 e. The van der Waals surface area contributed by atoms with Crippen LogP contribution in [0.2, 0.25) is 0 Å². The second kappa shape index (κ2) is 9.34. The first-order chi connectivity index (χ1) is 14.0. The van der Waals surface area contributed by atoms with E-state index < -0.39 is 11.1 Å². The third kappa shape index (κ3) is 5.00. The van der Waals surface area contributed by atoms with Crippen molar-refractivity contribution in [3.05, 3.63) is 80.9 Å². The van der Waals surface area contributed by atoms with Crippen LogP contribution in [0.3, 0.4) is 0 Å². The molecule has 0 saturated heterocycles. The number of hydrogen-bond donors (Lipinski definition) is 1. The van der Waals surface area contributed by atoms with Crippen LogP contribution in [0.1, 0.15) is 12.0 Å². The van der Waals surface area contributed by atoms with Gasteiger partial charge < -0.3 is 14.8 Å². The Morgan fingerprint density at radius 1 is 0.966 bits per heavy atom. The van der Waals surface area contributed by atoms with Crippen molar-refractivity contribution < 1.29 is 4.79 Å². The maximum absolute atomic E-state index is 12.4. The summed E-state index contributed by atoms with van der Waals surface area (Å²) >= 11 is 0. The SMILES string of the molecule is CN(CCCNC(=O)Cn1c(=O)c(=O)n(C)c2ccccc21)Cc1ccccc1. The van der Waals surface area contributed by atoms with Gasteiger partial charge in [-0.25, -0.2) is 0 Å². The predicted molar refractivity (Wildman–Crippen MR) is 114 cm³/mol. The zero-order valence-corrected chi connectivity index (χ0v) is 16.8. The summed E-state index contributed by atoms with van der Waals surface area (Å²) in [5.41, 5.74) is 1.10. The van der Waals surface area contributed by atoms with Gasteiger partial charge in [0.05, 0.1) is 11.0 Å². The van der Waals surface area contributed by atoms with Gasteiger partial charge in [0.2, 0.25) is 5.91 Å². The summed E-state index contributed by atoms with van der Waals surface area (Å²) < 4.78 is 2.56. The molecular weight excluding hydrogens is 368 g/mol. The molecule has 0 aliphatic heterocycles. The summed E-state index contributed by atoms with van der Waals surface area (Å²) in [6.07, 6.45) is 0.793. The van der Waals surface area contributed by atoms with E-state index in [9.17, 15) is 14.4 Å². The molecule has 0 bridgehead atoms. The molecule has 3 aromatic rings. The van der Waals surface area contributed by atoms with Crippen LogP contribution in [0.25, 0.3) is 11.0 Å². The highest BCUT2D eigenvalue weighted by atomic mass is 16.2. The molecule has 7 heteroatoms. The maximum Gasteiger partial charge on any atom is 0.317 e. The predicted octanol–water partition coefficient (Wildman–Crippen LogP) is 1.34. The summed E-state index contributed by atoms with van der Waals surface area (Å²) in [5.74, 6) is -0.281. The first-order valence-electron chi connectivity index (χ1n) is 9.65. The Kier molecular flexibility index (Phi) is 6.61. The van der Waals surface area contributed by atoms with Crippen LogP contribution in [-0.2, 0) is 24.9 Å². The molecule has 3 rings (SSSR count). The Morgan fingerprint density at radius 2 is 1.62 bits per heavy atom. The number of rotatable bonds is 8. The molecule has 1 heterocycles. The van der Waals surface area contributed by atoms with Crippen molar-refractivity contribution in [2.24, 2.45) is 7.05 Å². The van der Waals surface area contributed by atoms with Crippen LogP contribution in [0, 0.1) is 0 Å². The number of para-hydroxylation sites is 2. The number of carbonyl (C=O) groups is 1. The molecule has 0 saturated carbocycles. The molecule has 2 aromatic carbocycles. The lowest BCUT2D eigenvalue weighted by atomic mass is 10.2. The van der Waals surface area contributed by atoms with E-state index in [-0.39, 0.29) is 12.5 Å². The third-order valence-corrected chi connectivity index (χ3v) is 4.90. The number of carbonyl (C=O) groups excluding carboxylic acids is 1. The van der Waals surface area contributed by atoms with Gasteiger partial charge in [-0.2, -0.15) is 0 Å². The average Bonchev–Trinajstić information content (AvgIpc) is 2.73. The normalized spacial score (nSPS) is 11.1. The quantitative estimate of drug-likeness (QED) is 0.462. The monoisotopic (exact) mass is 394 g/mol. The lowest BCUT2D eigenvalue weighted by Crippen LogP contribution is -2.43. The second-order valence-corrected chi connectivity index (χ2v) is 7.17. The van der Waals surface area contributed by atoms with Crippen molar-refractivity contribution in [3.63, 3.8) is 0 Å². The topological polar surface area (TPSA) is 76.3 Å². The number of aryl methyl sites for hydroxylation is 1. The van der Waals surface area contributed by atoms with Crippen LogP contribution < -0.4 is 16.4 Å². The number of nitrogens with zero attached hydrogens (tertiary/aromatic N) is 3. The molecule has 1 N–H and O–H groups in total. The summed E-state index contributed by atoms with van der Waals surface area (Å²) in [7, 11) is 3.60. The fourth-order valence-corrected chi connectivity index (χ4v) is 3.36. The van der Waals surface area contributed by atoms with E-state index >= 15 is 0 Å². The highest BCUT2D eigenvalue weighted by molar-refractivity contribution is 5.80. The second-order valence-electron chi connectivity index (χ2n) is 7.17. The van der Waals surface area contributed by atoms with E-state index in [1.54, 1.807) is 31.3 Å². The highest BCUT2D eigenvalue weighted by Gasteiger charge is 2.13. The average molecular weight is 394 g/mol. The first kappa shape index (κ1) is 20.5. The van der Waals surface area contributed by atoms with E-state index in [0.29, 0.717) is 17.6 Å². The number of benzene rings is 2. The smallest absolute Gasteiger partial charge is 0.317 e. The summed E-state index contributed by atoms with van der Waals surface area (Å²) in [4.78, 5) is 39.1. The maximum atomic E-state index is 12.4. The first-order valence-corrected chi connectivity index (χ1v) is 9.65. The standard InChI is InChI=1S/C22H26N4O3/c1-24(15-17-9-4-3-5-10-17)14-8-13-23-20(27)16-26-19-12-7-6-11-18(19)25(2)21(28)22(26)29/h3-7,9-12H,8,13-16H2,1-2H3,(H,23,27). The van der Waals surface area contributed by atoms with Crippen molar-refractivity contribution in [2.75, 3.05) is 20.1 Å². The van der Waals surface area contributed by atoms with Gasteiger partial charge in [-0.1, -0.05) is 42.5 Å². The van der Waals surface area contributed by atoms with Gasteiger partial charge in [-0.15, -0.1) is 0 Å². The van der Waals surface area contributed by atoms with Crippen LogP contribution in [0.15, 0.2) is 64.2 Å². The van der Waals surface area contributed by atoms with E-state index in [0.717, 1.165) is 19.5 Å². The number of hydrogen-bond acceptors (Lipinski definition) is 4. The number of fused-ring (bicyclic) bond motifs is 1. The van der Waals surface area contributed by atoms with Crippen LogP contribution >= 0.6 is 0 Å². The minimum Gasteiger partial charge on any atom is -0.355 e. The fourth-order valence-electron chi connectivity index (χ4n) is 3.36. The van der Waals surface area contributed by atoms with E-state index in [1.165, 1.54) is 14.7 Å². The number of nitrogens with one attached hydrogen (secondary N) is 1. The fraction of sp³-hybridized carbons (Fsp3) is 0.318. The van der Waals surface area contributed by atoms with Crippen LogP contribution in [-0.4, -0.2) is 40.1 Å². The molecule has 0 spiro atoms. The van der Waals surface area contributed by atoms with E-state index in [2.05, 4.69) is 22.3 Å². The van der Waals surface area contributed by atoms with Gasteiger partial charge in [0.15, 0.2) is 0 Å². The van der Waals surface area contributed by atoms with Crippen molar-refractivity contribution in [1.29, 1.82) is 0 Å². The zero-order valence-electron chi connectivity index (χ0n) is 16.8. The Labute approximate surface area is 169 Å². The van der Waals surface area contributed by atoms with Crippen molar-refractivity contribution in [2.45, 2.75) is 19.5 Å². The van der Waals surface area contributed by atoms with Crippen LogP contribution in [0.5, 0.6) is 0 Å². The molecular formula is C22H26N4O3. The lowest BCUT2D eigenvalue weighted by molar-refractivity contribution is -0.121. The van der Waals surface area contributed by atoms with Crippen molar-refractivity contribution in [1.82, 2.24) is 19.4 Å². The molecule has 0 atom stereocenters. The minimum atomic E-state index is -0.691. The Balaban J connectivity index is 1.55. The number of aromatic nitrogens is 2. The lowest BCUT2D eigenvalue weighted by Gasteiger charge is -2.17. The van der Waals surface area contributed by atoms with Gasteiger partial charge in [0.25, 0.3) is 0 Å². The van der Waals surface area contributed by atoms with E-state index in [1.807, 2.05) is 25.2 Å². The third-order valence-electron chi connectivity index (χ3n) is 4.90. The minimum absolute atomic E-state index is 0.171. The van der Waals surface area contributed by atoms with Crippen molar-refractivity contribution >= 4 is 16.9 Å². The molecule has 0 unspecified atom stereocenters. The molecule has 29 heavy (non-hydrogen) atoms. The number of amides is 1. The van der Waals surface area contributed by atoms with Gasteiger partial charge >= 0.3 is 11.1 Å². The van der Waals surface area contributed by atoms with Crippen molar-refractivity contribution in [3.8, 4) is 0 Å². The van der Waals surface area contributed by atoms with Gasteiger partial charge in [0.1, 0.15) is 6.54 Å².